The molecular formula is C17H21FN2O3. The monoisotopic (exact) mass is 320 g/mol. The molecule has 0 radical (unpaired) electrons. The van der Waals surface area contributed by atoms with Gasteiger partial charge in [-0.15, -0.1) is 0 Å². The second-order valence-corrected chi connectivity index (χ2v) is 6.83. The number of hydroxylamine groups is 1. The van der Waals surface area contributed by atoms with Gasteiger partial charge in [0.15, 0.2) is 0 Å². The number of rotatable bonds is 2. The fourth-order valence-electron chi connectivity index (χ4n) is 4.39. The highest BCUT2D eigenvalue weighted by atomic mass is 19.1. The molecule has 2 atom stereocenters. The van der Waals surface area contributed by atoms with Gasteiger partial charge in [-0.3, -0.25) is 14.9 Å². The first-order valence-corrected chi connectivity index (χ1v) is 8.27. The van der Waals surface area contributed by atoms with Crippen molar-refractivity contribution in [2.45, 2.75) is 50.3 Å². The third-order valence-corrected chi connectivity index (χ3v) is 5.70. The van der Waals surface area contributed by atoms with Crippen LogP contribution in [-0.2, 0) is 17.7 Å². The number of ether oxygens (including phenoxy) is 1. The molecule has 6 heteroatoms. The lowest BCUT2D eigenvalue weighted by atomic mass is 9.71. The maximum atomic E-state index is 14.4. The van der Waals surface area contributed by atoms with Crippen LogP contribution in [-0.4, -0.2) is 40.8 Å². The number of benzene rings is 1. The van der Waals surface area contributed by atoms with E-state index in [-0.39, 0.29) is 17.0 Å². The zero-order valence-electron chi connectivity index (χ0n) is 13.0. The Morgan fingerprint density at radius 2 is 2.30 bits per heavy atom. The smallest absolute Gasteiger partial charge is 0.274 e. The van der Waals surface area contributed by atoms with Gasteiger partial charge < -0.3 is 4.74 Å². The fourth-order valence-corrected chi connectivity index (χ4v) is 4.39. The summed E-state index contributed by atoms with van der Waals surface area (Å²) < 4.78 is 20.4. The molecule has 5 nitrogen and oxygen atoms in total. The van der Waals surface area contributed by atoms with Crippen molar-refractivity contribution in [3.63, 3.8) is 0 Å². The number of halogens is 1. The molecule has 0 bridgehead atoms. The molecule has 2 fully saturated rings. The van der Waals surface area contributed by atoms with Crippen LogP contribution in [0.4, 0.5) is 4.39 Å². The van der Waals surface area contributed by atoms with E-state index >= 15 is 0 Å². The lowest BCUT2D eigenvalue weighted by Crippen LogP contribution is -2.60. The Morgan fingerprint density at radius 1 is 1.43 bits per heavy atom. The first-order valence-electron chi connectivity index (χ1n) is 8.27. The Hall–Kier alpha value is -1.50. The predicted molar refractivity (Wildman–Crippen MR) is 80.7 cm³/mol. The minimum absolute atomic E-state index is 0.00466. The van der Waals surface area contributed by atoms with Gasteiger partial charge in [-0.2, -0.15) is 0 Å². The lowest BCUT2D eigenvalue weighted by molar-refractivity contribution is -0.132. The highest BCUT2D eigenvalue weighted by Crippen LogP contribution is 2.47. The van der Waals surface area contributed by atoms with Crippen LogP contribution in [0.3, 0.4) is 0 Å². The SMILES string of the molecule is O=C(NO)c1cc(F)c2c(c1)CCN(C1CC[C@]13CCCO3)C2. The highest BCUT2D eigenvalue weighted by Gasteiger charge is 2.52. The first-order chi connectivity index (χ1) is 11.1. The maximum absolute atomic E-state index is 14.4. The topological polar surface area (TPSA) is 61.8 Å². The number of hydrogen-bond acceptors (Lipinski definition) is 4. The average molecular weight is 320 g/mol. The van der Waals surface area contributed by atoms with E-state index in [1.807, 2.05) is 0 Å². The summed E-state index contributed by atoms with van der Waals surface area (Å²) >= 11 is 0. The van der Waals surface area contributed by atoms with Gasteiger partial charge in [0, 0.05) is 36.9 Å². The van der Waals surface area contributed by atoms with E-state index in [0.717, 1.165) is 44.4 Å². The van der Waals surface area contributed by atoms with Crippen molar-refractivity contribution in [2.75, 3.05) is 13.2 Å². The van der Waals surface area contributed by atoms with Gasteiger partial charge in [0.05, 0.1) is 5.60 Å². The molecule has 2 N–H and O–H groups in total. The molecule has 1 amide bonds. The van der Waals surface area contributed by atoms with Crippen LogP contribution in [0, 0.1) is 5.82 Å². The molecule has 2 heterocycles. The molecule has 124 valence electrons. The molecule has 2 aliphatic heterocycles. The Labute approximate surface area is 134 Å². The maximum Gasteiger partial charge on any atom is 0.274 e. The van der Waals surface area contributed by atoms with Gasteiger partial charge >= 0.3 is 0 Å². The van der Waals surface area contributed by atoms with Crippen LogP contribution < -0.4 is 5.48 Å². The van der Waals surface area contributed by atoms with Crippen molar-refractivity contribution in [3.05, 3.63) is 34.6 Å². The Kier molecular flexibility index (Phi) is 3.63. The molecule has 1 aromatic carbocycles. The largest absolute Gasteiger partial charge is 0.373 e. The summed E-state index contributed by atoms with van der Waals surface area (Å²) in [7, 11) is 0. The van der Waals surface area contributed by atoms with Crippen molar-refractivity contribution >= 4 is 5.91 Å². The van der Waals surface area contributed by atoms with Gasteiger partial charge in [0.2, 0.25) is 0 Å². The van der Waals surface area contributed by atoms with E-state index < -0.39 is 5.91 Å². The van der Waals surface area contributed by atoms with Crippen LogP contribution in [0.1, 0.15) is 47.2 Å². The molecule has 0 aromatic heterocycles. The molecule has 4 rings (SSSR count). The predicted octanol–water partition coefficient (Wildman–Crippen LogP) is 2.01. The fraction of sp³-hybridized carbons (Fsp3) is 0.588. The molecular weight excluding hydrogens is 299 g/mol. The minimum Gasteiger partial charge on any atom is -0.373 e. The second-order valence-electron chi connectivity index (χ2n) is 6.83. The van der Waals surface area contributed by atoms with Crippen molar-refractivity contribution in [1.29, 1.82) is 0 Å². The normalized spacial score (nSPS) is 30.1. The van der Waals surface area contributed by atoms with Crippen molar-refractivity contribution in [2.24, 2.45) is 0 Å². The van der Waals surface area contributed by atoms with Crippen LogP contribution in [0.15, 0.2) is 12.1 Å². The minimum atomic E-state index is -0.675. The van der Waals surface area contributed by atoms with Gasteiger partial charge in [-0.1, -0.05) is 0 Å². The number of nitrogens with zero attached hydrogens (tertiary/aromatic N) is 1. The highest BCUT2D eigenvalue weighted by molar-refractivity contribution is 5.93. The van der Waals surface area contributed by atoms with Crippen LogP contribution >= 0.6 is 0 Å². The molecule has 1 spiro atoms. The van der Waals surface area contributed by atoms with E-state index in [1.165, 1.54) is 6.07 Å². The Balaban J connectivity index is 1.57. The standard InChI is InChI=1S/C17H21FN2O3/c18-14-9-12(16(21)19-22)8-11-3-6-20(10-13(11)14)15-2-5-17(15)4-1-7-23-17/h8-9,15,22H,1-7,10H2,(H,19,21)/t15?,17-/m1/s1. The van der Waals surface area contributed by atoms with E-state index in [9.17, 15) is 9.18 Å². The lowest BCUT2D eigenvalue weighted by Gasteiger charge is -2.52. The van der Waals surface area contributed by atoms with E-state index in [4.69, 9.17) is 9.94 Å². The molecule has 1 saturated heterocycles. The summed E-state index contributed by atoms with van der Waals surface area (Å²) in [5.41, 5.74) is 3.26. The molecule has 23 heavy (non-hydrogen) atoms. The van der Waals surface area contributed by atoms with Gasteiger partial charge in [0.1, 0.15) is 5.82 Å². The van der Waals surface area contributed by atoms with Crippen LogP contribution in [0.25, 0.3) is 0 Å². The number of hydrogen-bond donors (Lipinski definition) is 2. The summed E-state index contributed by atoms with van der Waals surface area (Å²) in [4.78, 5) is 13.8. The average Bonchev–Trinajstić information content (AvgIpc) is 3.05. The van der Waals surface area contributed by atoms with Crippen LogP contribution in [0.5, 0.6) is 0 Å². The van der Waals surface area contributed by atoms with Gasteiger partial charge in [-0.05, 0) is 49.8 Å². The van der Waals surface area contributed by atoms with Crippen molar-refractivity contribution in [1.82, 2.24) is 10.4 Å². The summed E-state index contributed by atoms with van der Waals surface area (Å²) in [5.74, 6) is -1.04. The molecule has 1 aromatic rings. The summed E-state index contributed by atoms with van der Waals surface area (Å²) in [6, 6.07) is 3.28. The first kappa shape index (κ1) is 15.1. The van der Waals surface area contributed by atoms with Crippen molar-refractivity contribution in [3.8, 4) is 0 Å². The van der Waals surface area contributed by atoms with Crippen LogP contribution in [0.2, 0.25) is 0 Å². The second kappa shape index (κ2) is 5.54. The molecule has 3 aliphatic rings. The Morgan fingerprint density at radius 3 is 2.96 bits per heavy atom. The number of fused-ring (bicyclic) bond motifs is 1. The summed E-state index contributed by atoms with van der Waals surface area (Å²) in [6.45, 7) is 2.26. The number of nitrogens with one attached hydrogen (secondary N) is 1. The van der Waals surface area contributed by atoms with Gasteiger partial charge in [-0.25, -0.2) is 9.87 Å². The molecule has 1 aliphatic carbocycles. The third-order valence-electron chi connectivity index (χ3n) is 5.70. The zero-order valence-corrected chi connectivity index (χ0v) is 13.0. The van der Waals surface area contributed by atoms with Gasteiger partial charge in [0.25, 0.3) is 5.91 Å². The van der Waals surface area contributed by atoms with E-state index in [0.29, 0.717) is 24.6 Å². The summed E-state index contributed by atoms with van der Waals surface area (Å²) in [5, 5.41) is 8.71. The number of carbonyl (C=O) groups is 1. The summed E-state index contributed by atoms with van der Waals surface area (Å²) in [6.07, 6.45) is 5.17. The molecule has 1 saturated carbocycles. The van der Waals surface area contributed by atoms with Crippen molar-refractivity contribution < 1.29 is 19.1 Å². The number of carbonyl (C=O) groups excluding carboxylic acids is 1. The van der Waals surface area contributed by atoms with E-state index in [2.05, 4.69) is 4.90 Å². The zero-order chi connectivity index (χ0) is 16.0. The number of amides is 1. The Bertz CT molecular complexity index is 643. The quantitative estimate of drug-likeness (QED) is 0.646. The molecule has 1 unspecified atom stereocenters. The third kappa shape index (κ3) is 2.36. The van der Waals surface area contributed by atoms with E-state index in [1.54, 1.807) is 11.5 Å².